The van der Waals surface area contributed by atoms with E-state index in [4.69, 9.17) is 0 Å². The van der Waals surface area contributed by atoms with Gasteiger partial charge in [0.25, 0.3) is 0 Å². The highest BCUT2D eigenvalue weighted by Gasteiger charge is 2.46. The molecular weight excluding hydrogens is 238 g/mol. The number of nitrogens with one attached hydrogen (secondary N) is 1. The second-order valence-electron chi connectivity index (χ2n) is 6.46. The molecular formula is C15H29N3O. The third-order valence-electron chi connectivity index (χ3n) is 4.98. The summed E-state index contributed by atoms with van der Waals surface area (Å²) in [6.45, 7) is 9.58. The van der Waals surface area contributed by atoms with Crippen molar-refractivity contribution in [2.75, 3.05) is 26.7 Å². The highest BCUT2D eigenvalue weighted by molar-refractivity contribution is 5.88. The van der Waals surface area contributed by atoms with E-state index in [0.29, 0.717) is 11.8 Å². The molecule has 4 heteroatoms. The third kappa shape index (κ3) is 2.95. The number of rotatable bonds is 4. The molecule has 2 aliphatic rings. The van der Waals surface area contributed by atoms with Crippen LogP contribution in [0.4, 0.5) is 0 Å². The predicted molar refractivity (Wildman–Crippen MR) is 77.8 cm³/mol. The Bertz CT molecular complexity index is 325. The van der Waals surface area contributed by atoms with Crippen molar-refractivity contribution in [1.29, 1.82) is 0 Å². The molecule has 2 rings (SSSR count). The Kier molecular flexibility index (Phi) is 4.51. The van der Waals surface area contributed by atoms with Crippen molar-refractivity contribution >= 4 is 5.91 Å². The lowest BCUT2D eigenvalue weighted by Crippen LogP contribution is -2.44. The summed E-state index contributed by atoms with van der Waals surface area (Å²) in [6, 6.07) is 0. The van der Waals surface area contributed by atoms with Gasteiger partial charge < -0.3 is 9.80 Å². The number of carbonyl (C=O) groups excluding carboxylic acids is 1. The molecule has 0 aliphatic carbocycles. The SMILES string of the molecule is CCC1NC(C)(CC)C(=O)N1CC1CCN(C)CC1. The fourth-order valence-electron chi connectivity index (χ4n) is 3.27. The summed E-state index contributed by atoms with van der Waals surface area (Å²) in [5.41, 5.74) is -0.341. The fourth-order valence-corrected chi connectivity index (χ4v) is 3.27. The Labute approximate surface area is 117 Å². The summed E-state index contributed by atoms with van der Waals surface area (Å²) >= 11 is 0. The van der Waals surface area contributed by atoms with E-state index in [1.807, 2.05) is 6.92 Å². The summed E-state index contributed by atoms with van der Waals surface area (Å²) < 4.78 is 0. The van der Waals surface area contributed by atoms with Crippen LogP contribution >= 0.6 is 0 Å². The third-order valence-corrected chi connectivity index (χ3v) is 4.98. The zero-order chi connectivity index (χ0) is 14.0. The minimum atomic E-state index is -0.341. The van der Waals surface area contributed by atoms with E-state index in [2.05, 4.69) is 36.0 Å². The first-order valence-electron chi connectivity index (χ1n) is 7.77. The molecule has 4 nitrogen and oxygen atoms in total. The quantitative estimate of drug-likeness (QED) is 0.841. The van der Waals surface area contributed by atoms with E-state index in [1.165, 1.54) is 25.9 Å². The van der Waals surface area contributed by atoms with E-state index < -0.39 is 0 Å². The van der Waals surface area contributed by atoms with Gasteiger partial charge in [-0.15, -0.1) is 0 Å². The topological polar surface area (TPSA) is 35.6 Å². The smallest absolute Gasteiger partial charge is 0.243 e. The van der Waals surface area contributed by atoms with Gasteiger partial charge in [0.1, 0.15) is 0 Å². The standard InChI is InChI=1S/C15H29N3O/c1-5-13-16-15(3,6-2)14(19)18(13)11-12-7-9-17(4)10-8-12/h12-13,16H,5-11H2,1-4H3. The van der Waals surface area contributed by atoms with Gasteiger partial charge in [-0.25, -0.2) is 0 Å². The van der Waals surface area contributed by atoms with Gasteiger partial charge >= 0.3 is 0 Å². The molecule has 0 radical (unpaired) electrons. The maximum atomic E-state index is 12.6. The molecule has 0 saturated carbocycles. The van der Waals surface area contributed by atoms with Gasteiger partial charge in [-0.2, -0.15) is 0 Å². The Morgan fingerprint density at radius 2 is 1.95 bits per heavy atom. The first-order chi connectivity index (χ1) is 9.00. The van der Waals surface area contributed by atoms with Crippen molar-refractivity contribution in [2.45, 2.75) is 58.2 Å². The molecule has 19 heavy (non-hydrogen) atoms. The van der Waals surface area contributed by atoms with Crippen LogP contribution in [0.25, 0.3) is 0 Å². The summed E-state index contributed by atoms with van der Waals surface area (Å²) in [5, 5.41) is 3.53. The minimum absolute atomic E-state index is 0.233. The second-order valence-corrected chi connectivity index (χ2v) is 6.46. The number of hydrogen-bond acceptors (Lipinski definition) is 3. The number of hydrogen-bond donors (Lipinski definition) is 1. The van der Waals surface area contributed by atoms with Gasteiger partial charge in [-0.1, -0.05) is 13.8 Å². The summed E-state index contributed by atoms with van der Waals surface area (Å²) in [4.78, 5) is 17.1. The average molecular weight is 267 g/mol. The van der Waals surface area contributed by atoms with Crippen LogP contribution in [0.15, 0.2) is 0 Å². The number of likely N-dealkylation sites (tertiary alicyclic amines) is 1. The molecule has 0 bridgehead atoms. The number of piperidine rings is 1. The van der Waals surface area contributed by atoms with Crippen LogP contribution in [-0.2, 0) is 4.79 Å². The van der Waals surface area contributed by atoms with Crippen LogP contribution in [0.3, 0.4) is 0 Å². The minimum Gasteiger partial charge on any atom is -0.325 e. The molecule has 0 aromatic carbocycles. The Morgan fingerprint density at radius 3 is 2.47 bits per heavy atom. The van der Waals surface area contributed by atoms with E-state index >= 15 is 0 Å². The normalized spacial score (nSPS) is 34.2. The number of carbonyl (C=O) groups is 1. The molecule has 110 valence electrons. The molecule has 2 aliphatic heterocycles. The Balaban J connectivity index is 2.00. The Morgan fingerprint density at radius 1 is 1.32 bits per heavy atom. The van der Waals surface area contributed by atoms with Crippen LogP contribution in [0, 0.1) is 5.92 Å². The Hall–Kier alpha value is -0.610. The first kappa shape index (κ1) is 14.8. The maximum Gasteiger partial charge on any atom is 0.243 e. The van der Waals surface area contributed by atoms with Crippen molar-refractivity contribution < 1.29 is 4.79 Å². The van der Waals surface area contributed by atoms with Crippen LogP contribution in [0.5, 0.6) is 0 Å². The van der Waals surface area contributed by atoms with Gasteiger partial charge in [0.15, 0.2) is 0 Å². The fraction of sp³-hybridized carbons (Fsp3) is 0.933. The van der Waals surface area contributed by atoms with Gasteiger partial charge in [0.05, 0.1) is 11.7 Å². The number of nitrogens with zero attached hydrogens (tertiary/aromatic N) is 2. The van der Waals surface area contributed by atoms with Gasteiger partial charge in [-0.3, -0.25) is 10.1 Å². The molecule has 2 unspecified atom stereocenters. The van der Waals surface area contributed by atoms with Crippen LogP contribution < -0.4 is 5.32 Å². The molecule has 0 spiro atoms. The predicted octanol–water partition coefficient (Wildman–Crippen LogP) is 1.66. The van der Waals surface area contributed by atoms with E-state index in [9.17, 15) is 4.79 Å². The average Bonchev–Trinajstić information content (AvgIpc) is 2.66. The highest BCUT2D eigenvalue weighted by Crippen LogP contribution is 2.28. The molecule has 0 aromatic rings. The molecule has 2 saturated heterocycles. The number of amides is 1. The second kappa shape index (κ2) is 5.80. The first-order valence-corrected chi connectivity index (χ1v) is 7.77. The van der Waals surface area contributed by atoms with Crippen molar-refractivity contribution in [3.8, 4) is 0 Å². The zero-order valence-electron chi connectivity index (χ0n) is 12.9. The highest BCUT2D eigenvalue weighted by atomic mass is 16.2. The molecule has 0 aromatic heterocycles. The molecule has 2 atom stereocenters. The van der Waals surface area contributed by atoms with E-state index in [0.717, 1.165) is 19.4 Å². The zero-order valence-corrected chi connectivity index (χ0v) is 12.9. The van der Waals surface area contributed by atoms with Crippen LogP contribution in [-0.4, -0.2) is 54.1 Å². The molecule has 1 amide bonds. The van der Waals surface area contributed by atoms with Crippen molar-refractivity contribution in [3.63, 3.8) is 0 Å². The van der Waals surface area contributed by atoms with E-state index in [-0.39, 0.29) is 11.7 Å². The van der Waals surface area contributed by atoms with Crippen molar-refractivity contribution in [3.05, 3.63) is 0 Å². The largest absolute Gasteiger partial charge is 0.325 e. The molecule has 2 fully saturated rings. The monoisotopic (exact) mass is 267 g/mol. The van der Waals surface area contributed by atoms with Gasteiger partial charge in [0.2, 0.25) is 5.91 Å². The lowest BCUT2D eigenvalue weighted by Gasteiger charge is -2.33. The summed E-state index contributed by atoms with van der Waals surface area (Å²) in [7, 11) is 2.18. The molecule has 2 heterocycles. The van der Waals surface area contributed by atoms with Crippen molar-refractivity contribution in [1.82, 2.24) is 15.1 Å². The van der Waals surface area contributed by atoms with E-state index in [1.54, 1.807) is 0 Å². The molecule has 1 N–H and O–H groups in total. The maximum absolute atomic E-state index is 12.6. The summed E-state index contributed by atoms with van der Waals surface area (Å²) in [6.07, 6.45) is 4.54. The van der Waals surface area contributed by atoms with Crippen LogP contribution in [0.1, 0.15) is 46.5 Å². The van der Waals surface area contributed by atoms with Crippen molar-refractivity contribution in [2.24, 2.45) is 5.92 Å². The van der Waals surface area contributed by atoms with Crippen LogP contribution in [0.2, 0.25) is 0 Å². The lowest BCUT2D eigenvalue weighted by molar-refractivity contribution is -0.133. The summed E-state index contributed by atoms with van der Waals surface area (Å²) in [5.74, 6) is 0.982. The van der Waals surface area contributed by atoms with Gasteiger partial charge in [0, 0.05) is 6.54 Å². The van der Waals surface area contributed by atoms with Gasteiger partial charge in [-0.05, 0) is 58.7 Å². The lowest BCUT2D eigenvalue weighted by atomic mass is 9.95.